The topological polar surface area (TPSA) is 79.9 Å². The van der Waals surface area contributed by atoms with Crippen molar-refractivity contribution in [2.45, 2.75) is 19.3 Å². The molecule has 2 aromatic rings. The molecule has 0 bridgehead atoms. The monoisotopic (exact) mass is 381 g/mol. The van der Waals surface area contributed by atoms with Gasteiger partial charge in [-0.05, 0) is 11.1 Å². The number of hydrogen-bond donors (Lipinski definition) is 2. The van der Waals surface area contributed by atoms with Crippen LogP contribution in [0.1, 0.15) is 11.1 Å². The van der Waals surface area contributed by atoms with Gasteiger partial charge in [-0.1, -0.05) is 67.7 Å². The molecule has 0 aliphatic heterocycles. The SMILES string of the molecule is [B-]N(C)C(CNC(=O)OCc1ccccc1)CNC(=O)OCc1ccccc1. The van der Waals surface area contributed by atoms with Crippen molar-refractivity contribution in [1.29, 1.82) is 0 Å². The molecule has 7 nitrogen and oxygen atoms in total. The van der Waals surface area contributed by atoms with Gasteiger partial charge < -0.3 is 32.9 Å². The van der Waals surface area contributed by atoms with E-state index < -0.39 is 12.2 Å². The van der Waals surface area contributed by atoms with Crippen LogP contribution in [0.3, 0.4) is 0 Å². The van der Waals surface area contributed by atoms with E-state index >= 15 is 0 Å². The Balaban J connectivity index is 1.67. The molecule has 0 saturated carbocycles. The van der Waals surface area contributed by atoms with Crippen molar-refractivity contribution < 1.29 is 19.1 Å². The van der Waals surface area contributed by atoms with Crippen LogP contribution in [-0.4, -0.2) is 51.2 Å². The average molecular weight is 381 g/mol. The standard InChI is InChI=1S/C20H24BN3O4/c1-24(21)18(12-22-19(25)27-14-16-8-4-2-5-9-16)13-23-20(26)28-15-17-10-6-3-7-11-17/h2-11,18H,12-15H2,1H3,(H,22,25)(H,23,26)/q-1. The first-order chi connectivity index (χ1) is 13.5. The van der Waals surface area contributed by atoms with Gasteiger partial charge in [0.2, 0.25) is 0 Å². The molecular weight excluding hydrogens is 357 g/mol. The van der Waals surface area contributed by atoms with Crippen LogP contribution in [0, 0.1) is 0 Å². The highest BCUT2D eigenvalue weighted by atomic mass is 16.6. The fraction of sp³-hybridized carbons (Fsp3) is 0.300. The Kier molecular flexibility index (Phi) is 8.87. The van der Waals surface area contributed by atoms with Gasteiger partial charge in [0.05, 0.1) is 0 Å². The van der Waals surface area contributed by atoms with E-state index in [-0.39, 0.29) is 32.3 Å². The summed E-state index contributed by atoms with van der Waals surface area (Å²) in [6.07, 6.45) is -1.11. The van der Waals surface area contributed by atoms with Crippen molar-refractivity contribution in [2.75, 3.05) is 20.1 Å². The largest absolute Gasteiger partial charge is 0.577 e. The molecule has 2 N–H and O–H groups in total. The van der Waals surface area contributed by atoms with Crippen molar-refractivity contribution in [1.82, 2.24) is 15.4 Å². The quantitative estimate of drug-likeness (QED) is 0.652. The minimum Gasteiger partial charge on any atom is -0.577 e. The van der Waals surface area contributed by atoms with Crippen molar-refractivity contribution in [3.63, 3.8) is 0 Å². The van der Waals surface area contributed by atoms with Crippen LogP contribution in [0.2, 0.25) is 0 Å². The first-order valence-electron chi connectivity index (χ1n) is 8.91. The van der Waals surface area contributed by atoms with Crippen LogP contribution in [0.25, 0.3) is 0 Å². The van der Waals surface area contributed by atoms with Gasteiger partial charge in [0.15, 0.2) is 0 Å². The highest BCUT2D eigenvalue weighted by Gasteiger charge is 2.11. The number of alkyl carbamates (subject to hydrolysis) is 2. The normalized spacial score (nSPS) is 10.6. The number of amides is 2. The van der Waals surface area contributed by atoms with Crippen LogP contribution < -0.4 is 10.6 Å². The molecule has 0 aliphatic carbocycles. The van der Waals surface area contributed by atoms with E-state index in [0.717, 1.165) is 11.1 Å². The van der Waals surface area contributed by atoms with Gasteiger partial charge in [-0.15, -0.1) is 0 Å². The molecule has 3 radical (unpaired) electrons. The lowest BCUT2D eigenvalue weighted by Gasteiger charge is -2.37. The molecule has 8 heteroatoms. The number of nitrogens with one attached hydrogen (secondary N) is 2. The molecule has 0 aliphatic rings. The first kappa shape index (κ1) is 21.3. The maximum absolute atomic E-state index is 11.8. The maximum Gasteiger partial charge on any atom is 0.407 e. The van der Waals surface area contributed by atoms with E-state index in [9.17, 15) is 9.59 Å². The molecular formula is C20H24BN3O4-. The van der Waals surface area contributed by atoms with Gasteiger partial charge in [0, 0.05) is 19.1 Å². The zero-order chi connectivity index (χ0) is 20.2. The van der Waals surface area contributed by atoms with E-state index in [1.807, 2.05) is 60.7 Å². The van der Waals surface area contributed by atoms with Crippen molar-refractivity contribution >= 4 is 20.2 Å². The lowest BCUT2D eigenvalue weighted by Crippen LogP contribution is -2.48. The number of carbonyl (C=O) groups is 2. The van der Waals surface area contributed by atoms with Gasteiger partial charge in [0.1, 0.15) is 13.2 Å². The second kappa shape index (κ2) is 11.7. The number of hydrogen-bond acceptors (Lipinski definition) is 5. The third-order valence-electron chi connectivity index (χ3n) is 3.97. The molecule has 2 rings (SSSR count). The highest BCUT2D eigenvalue weighted by molar-refractivity contribution is 6.04. The smallest absolute Gasteiger partial charge is 0.407 e. The predicted molar refractivity (Wildman–Crippen MR) is 107 cm³/mol. The third kappa shape index (κ3) is 8.13. The fourth-order valence-corrected chi connectivity index (χ4v) is 2.31. The zero-order valence-electron chi connectivity index (χ0n) is 15.8. The molecule has 147 valence electrons. The summed E-state index contributed by atoms with van der Waals surface area (Å²) in [7, 11) is 7.44. The summed E-state index contributed by atoms with van der Waals surface area (Å²) in [5.74, 6) is 0. The predicted octanol–water partition coefficient (Wildman–Crippen LogP) is 2.22. The van der Waals surface area contributed by atoms with E-state index in [2.05, 4.69) is 10.6 Å². The molecule has 0 saturated heterocycles. The second-order valence-corrected chi connectivity index (χ2v) is 6.20. The number of rotatable bonds is 9. The summed E-state index contributed by atoms with van der Waals surface area (Å²) in [5.41, 5.74) is 1.79. The Morgan fingerprint density at radius 1 is 0.857 bits per heavy atom. The zero-order valence-corrected chi connectivity index (χ0v) is 15.8. The molecule has 2 amide bonds. The minimum absolute atomic E-state index is 0.180. The van der Waals surface area contributed by atoms with Crippen LogP contribution in [0.15, 0.2) is 60.7 Å². The molecule has 0 atom stereocenters. The summed E-state index contributed by atoms with van der Waals surface area (Å²) >= 11 is 0. The van der Waals surface area contributed by atoms with Crippen molar-refractivity contribution in [3.8, 4) is 0 Å². The summed E-state index contributed by atoms with van der Waals surface area (Å²) in [6, 6.07) is 18.4. The minimum atomic E-state index is -0.553. The summed E-state index contributed by atoms with van der Waals surface area (Å²) in [4.78, 5) is 25.1. The summed E-state index contributed by atoms with van der Waals surface area (Å²) < 4.78 is 10.3. The first-order valence-corrected chi connectivity index (χ1v) is 8.91. The van der Waals surface area contributed by atoms with Gasteiger partial charge >= 0.3 is 12.2 Å². The van der Waals surface area contributed by atoms with Crippen LogP contribution >= 0.6 is 0 Å². The number of ether oxygens (including phenoxy) is 2. The molecule has 0 heterocycles. The Hall–Kier alpha value is -3.00. The van der Waals surface area contributed by atoms with Crippen LogP contribution in [0.5, 0.6) is 0 Å². The Labute approximate surface area is 166 Å². The Morgan fingerprint density at radius 3 is 1.61 bits per heavy atom. The number of nitrogens with zero attached hydrogens (tertiary/aromatic N) is 1. The highest BCUT2D eigenvalue weighted by Crippen LogP contribution is 2.02. The van der Waals surface area contributed by atoms with Gasteiger partial charge in [-0.2, -0.15) is 0 Å². The molecule has 0 aromatic heterocycles. The maximum atomic E-state index is 11.8. The number of likely N-dealkylation sites (N-methyl/N-ethyl adjacent to an activating group) is 1. The van der Waals surface area contributed by atoms with E-state index in [4.69, 9.17) is 17.5 Å². The summed E-state index contributed by atoms with van der Waals surface area (Å²) in [5, 5.41) is 5.28. The fourth-order valence-electron chi connectivity index (χ4n) is 2.31. The van der Waals surface area contributed by atoms with E-state index in [0.29, 0.717) is 0 Å². The lowest BCUT2D eigenvalue weighted by molar-refractivity contribution is 0.134. The number of benzene rings is 2. The molecule has 0 unspecified atom stereocenters. The van der Waals surface area contributed by atoms with Gasteiger partial charge in [-0.3, -0.25) is 0 Å². The van der Waals surface area contributed by atoms with Crippen molar-refractivity contribution in [3.05, 3.63) is 71.8 Å². The third-order valence-corrected chi connectivity index (χ3v) is 3.97. The number of carbonyl (C=O) groups excluding carboxylic acids is 2. The second-order valence-electron chi connectivity index (χ2n) is 6.20. The average Bonchev–Trinajstić information content (AvgIpc) is 2.72. The molecule has 2 aromatic carbocycles. The van der Waals surface area contributed by atoms with E-state index in [1.165, 1.54) is 4.81 Å². The van der Waals surface area contributed by atoms with Gasteiger partial charge in [0.25, 0.3) is 0 Å². The van der Waals surface area contributed by atoms with Crippen LogP contribution in [0.4, 0.5) is 9.59 Å². The van der Waals surface area contributed by atoms with Crippen LogP contribution in [-0.2, 0) is 22.7 Å². The summed E-state index contributed by atoms with van der Waals surface area (Å²) in [6.45, 7) is 0.777. The molecule has 0 spiro atoms. The Bertz CT molecular complexity index is 669. The molecule has 28 heavy (non-hydrogen) atoms. The molecule has 0 fully saturated rings. The lowest BCUT2D eigenvalue weighted by atomic mass is 10.2. The van der Waals surface area contributed by atoms with E-state index in [1.54, 1.807) is 7.05 Å². The van der Waals surface area contributed by atoms with Gasteiger partial charge in [-0.25, -0.2) is 9.59 Å². The Morgan fingerprint density at radius 2 is 1.25 bits per heavy atom. The van der Waals surface area contributed by atoms with Crippen molar-refractivity contribution in [2.24, 2.45) is 0 Å².